The van der Waals surface area contributed by atoms with Crippen LogP contribution in [0.2, 0.25) is 5.02 Å². The van der Waals surface area contributed by atoms with Crippen molar-refractivity contribution in [2.75, 3.05) is 0 Å². The molecule has 2 aromatic carbocycles. The third kappa shape index (κ3) is 6.98. The Morgan fingerprint density at radius 1 is 1.14 bits per heavy atom. The lowest BCUT2D eigenvalue weighted by Gasteiger charge is -2.31. The molecule has 1 unspecified atom stereocenters. The number of ether oxygens (including phenoxy) is 1. The Morgan fingerprint density at radius 3 is 2.42 bits per heavy atom. The van der Waals surface area contributed by atoms with Crippen LogP contribution in [0.3, 0.4) is 0 Å². The Kier molecular flexibility index (Phi) is 8.26. The summed E-state index contributed by atoms with van der Waals surface area (Å²) in [6.45, 7) is 4.99. The molecule has 0 spiro atoms. The zero-order chi connectivity index (χ0) is 26.5. The molecular formula is C27H25ClF3N3O2. The van der Waals surface area contributed by atoms with Crippen molar-refractivity contribution in [1.82, 2.24) is 10.3 Å². The smallest absolute Gasteiger partial charge is 0.417 e. The van der Waals surface area contributed by atoms with E-state index >= 15 is 0 Å². The lowest BCUT2D eigenvalue weighted by Crippen LogP contribution is -2.49. The number of nitriles is 1. The summed E-state index contributed by atoms with van der Waals surface area (Å²) in [5.74, 6) is -0.691. The second-order valence-corrected chi connectivity index (χ2v) is 9.43. The monoisotopic (exact) mass is 515 g/mol. The van der Waals surface area contributed by atoms with Crippen molar-refractivity contribution in [3.63, 3.8) is 0 Å². The predicted octanol–water partition coefficient (Wildman–Crippen LogP) is 6.52. The van der Waals surface area contributed by atoms with Crippen LogP contribution >= 0.6 is 11.6 Å². The van der Waals surface area contributed by atoms with Gasteiger partial charge >= 0.3 is 6.18 Å². The second-order valence-electron chi connectivity index (χ2n) is 8.99. The van der Waals surface area contributed by atoms with Crippen LogP contribution in [-0.4, -0.2) is 16.5 Å². The maximum Gasteiger partial charge on any atom is 0.417 e. The minimum atomic E-state index is -4.52. The van der Waals surface area contributed by atoms with Crippen molar-refractivity contribution in [1.29, 1.82) is 5.26 Å². The van der Waals surface area contributed by atoms with E-state index in [1.54, 1.807) is 30.3 Å². The molecule has 36 heavy (non-hydrogen) atoms. The van der Waals surface area contributed by atoms with Crippen LogP contribution in [0.4, 0.5) is 13.2 Å². The molecule has 9 heteroatoms. The van der Waals surface area contributed by atoms with Gasteiger partial charge in [-0.1, -0.05) is 42.8 Å². The van der Waals surface area contributed by atoms with E-state index in [1.807, 2.05) is 25.1 Å². The van der Waals surface area contributed by atoms with E-state index in [4.69, 9.17) is 16.3 Å². The molecule has 1 heterocycles. The average molecular weight is 516 g/mol. The summed E-state index contributed by atoms with van der Waals surface area (Å²) in [6, 6.07) is 17.9. The molecule has 188 valence electrons. The average Bonchev–Trinajstić information content (AvgIpc) is 2.83. The fourth-order valence-corrected chi connectivity index (χ4v) is 3.82. The Bertz CT molecular complexity index is 1240. The summed E-state index contributed by atoms with van der Waals surface area (Å²) in [6.07, 6.45) is -3.25. The number of nitrogens with zero attached hydrogens (tertiary/aromatic N) is 2. The molecule has 0 fully saturated rings. The summed E-state index contributed by atoms with van der Waals surface area (Å²) in [7, 11) is 0. The molecule has 0 bridgehead atoms. The van der Waals surface area contributed by atoms with Gasteiger partial charge in [-0.2, -0.15) is 18.4 Å². The summed E-state index contributed by atoms with van der Waals surface area (Å²) >= 11 is 5.99. The number of benzene rings is 2. The number of nitrogens with one attached hydrogen (secondary N) is 1. The number of aromatic nitrogens is 1. The molecule has 0 radical (unpaired) electrons. The van der Waals surface area contributed by atoms with Gasteiger partial charge in [0.2, 0.25) is 5.88 Å². The van der Waals surface area contributed by atoms with Crippen molar-refractivity contribution >= 4 is 17.5 Å². The minimum Gasteiger partial charge on any atom is -0.462 e. The summed E-state index contributed by atoms with van der Waals surface area (Å²) in [5, 5.41) is 13.0. The van der Waals surface area contributed by atoms with Gasteiger partial charge in [-0.15, -0.1) is 0 Å². The Balaban J connectivity index is 1.82. The Hall–Kier alpha value is -3.57. The standard InChI is InChI=1S/C27H25ClF3N3O2/c1-17(13-18-7-10-22(28)11-8-18)24(20-6-4-5-19(14-20)15-32)34-25(35)26(2,3)36-23-12-9-21(16-33-23)27(29,30)31/h4-12,14,16-17,24H,13H2,1-3H3,(H,34,35)/t17-,24?/m0/s1. The first-order valence-corrected chi connectivity index (χ1v) is 11.5. The van der Waals surface area contributed by atoms with E-state index in [0.29, 0.717) is 23.2 Å². The Labute approximate surface area is 212 Å². The molecule has 0 aliphatic rings. The van der Waals surface area contributed by atoms with Crippen molar-refractivity contribution in [2.45, 2.75) is 45.0 Å². The normalized spacial score (nSPS) is 13.4. The number of hydrogen-bond acceptors (Lipinski definition) is 4. The Morgan fingerprint density at radius 2 is 1.83 bits per heavy atom. The maximum atomic E-state index is 13.3. The predicted molar refractivity (Wildman–Crippen MR) is 130 cm³/mol. The van der Waals surface area contributed by atoms with Gasteiger partial charge < -0.3 is 10.1 Å². The fourth-order valence-electron chi connectivity index (χ4n) is 3.70. The van der Waals surface area contributed by atoms with E-state index in [0.717, 1.165) is 23.3 Å². The van der Waals surface area contributed by atoms with Crippen LogP contribution in [0.25, 0.3) is 0 Å². The number of amides is 1. The molecule has 0 saturated carbocycles. The van der Waals surface area contributed by atoms with Gasteiger partial charge in [-0.3, -0.25) is 4.79 Å². The third-order valence-electron chi connectivity index (χ3n) is 5.67. The zero-order valence-electron chi connectivity index (χ0n) is 19.9. The lowest BCUT2D eigenvalue weighted by atomic mass is 9.88. The van der Waals surface area contributed by atoms with Crippen molar-refractivity contribution < 1.29 is 22.7 Å². The SMILES string of the molecule is C[C@@H](Cc1ccc(Cl)cc1)C(NC(=O)C(C)(C)Oc1ccc(C(F)(F)F)cn1)c1cccc(C#N)c1. The molecule has 1 aromatic heterocycles. The van der Waals surface area contributed by atoms with Crippen LogP contribution < -0.4 is 10.1 Å². The van der Waals surface area contributed by atoms with E-state index in [1.165, 1.54) is 13.8 Å². The molecule has 3 aromatic rings. The topological polar surface area (TPSA) is 75.0 Å². The second kappa shape index (κ2) is 11.0. The molecular weight excluding hydrogens is 491 g/mol. The molecule has 0 aliphatic carbocycles. The zero-order valence-corrected chi connectivity index (χ0v) is 20.7. The van der Waals surface area contributed by atoms with E-state index in [-0.39, 0.29) is 11.8 Å². The van der Waals surface area contributed by atoms with E-state index < -0.39 is 29.3 Å². The lowest BCUT2D eigenvalue weighted by molar-refractivity contribution is -0.138. The van der Waals surface area contributed by atoms with Crippen LogP contribution in [0.15, 0.2) is 66.9 Å². The maximum absolute atomic E-state index is 13.3. The van der Waals surface area contributed by atoms with E-state index in [9.17, 15) is 23.2 Å². The molecule has 3 rings (SSSR count). The highest BCUT2D eigenvalue weighted by atomic mass is 35.5. The molecule has 2 atom stereocenters. The van der Waals surface area contributed by atoms with Crippen molar-refractivity contribution in [2.24, 2.45) is 5.92 Å². The number of carbonyl (C=O) groups excluding carboxylic acids is 1. The van der Waals surface area contributed by atoms with Gasteiger partial charge in [0.25, 0.3) is 5.91 Å². The van der Waals surface area contributed by atoms with Crippen molar-refractivity contribution in [3.05, 3.63) is 94.1 Å². The number of hydrogen-bond donors (Lipinski definition) is 1. The van der Waals surface area contributed by atoms with Crippen LogP contribution in [0.1, 0.15) is 49.1 Å². The number of alkyl halides is 3. The first kappa shape index (κ1) is 27.0. The van der Waals surface area contributed by atoms with Gasteiger partial charge in [-0.05, 0) is 67.6 Å². The molecule has 0 saturated heterocycles. The first-order chi connectivity index (χ1) is 16.9. The van der Waals surface area contributed by atoms with Gasteiger partial charge in [0.1, 0.15) is 0 Å². The first-order valence-electron chi connectivity index (χ1n) is 11.2. The quantitative estimate of drug-likeness (QED) is 0.370. The number of carbonyl (C=O) groups is 1. The van der Waals surface area contributed by atoms with Gasteiger partial charge in [-0.25, -0.2) is 4.98 Å². The van der Waals surface area contributed by atoms with Gasteiger partial charge in [0.05, 0.1) is 23.2 Å². The highest BCUT2D eigenvalue weighted by molar-refractivity contribution is 6.30. The van der Waals surface area contributed by atoms with Crippen LogP contribution in [-0.2, 0) is 17.4 Å². The van der Waals surface area contributed by atoms with E-state index in [2.05, 4.69) is 16.4 Å². The van der Waals surface area contributed by atoms with Crippen molar-refractivity contribution in [3.8, 4) is 11.9 Å². The van der Waals surface area contributed by atoms with Crippen LogP contribution in [0, 0.1) is 17.2 Å². The fraction of sp³-hybridized carbons (Fsp3) is 0.296. The number of pyridine rings is 1. The molecule has 1 N–H and O–H groups in total. The summed E-state index contributed by atoms with van der Waals surface area (Å²) in [4.78, 5) is 17.0. The number of halogens is 4. The molecule has 1 amide bonds. The minimum absolute atomic E-state index is 0.0935. The highest BCUT2D eigenvalue weighted by Gasteiger charge is 2.35. The summed E-state index contributed by atoms with van der Waals surface area (Å²) in [5.41, 5.74) is -0.141. The van der Waals surface area contributed by atoms with Gasteiger partial charge in [0.15, 0.2) is 5.60 Å². The summed E-state index contributed by atoms with van der Waals surface area (Å²) < 4.78 is 44.1. The highest BCUT2D eigenvalue weighted by Crippen LogP contribution is 2.31. The van der Waals surface area contributed by atoms with Crippen LogP contribution in [0.5, 0.6) is 5.88 Å². The van der Waals surface area contributed by atoms with Gasteiger partial charge in [0, 0.05) is 17.3 Å². The number of rotatable bonds is 8. The third-order valence-corrected chi connectivity index (χ3v) is 5.92. The molecule has 5 nitrogen and oxygen atoms in total. The largest absolute Gasteiger partial charge is 0.462 e. The molecule has 0 aliphatic heterocycles.